The molecule has 1 aliphatic rings. The van der Waals surface area contributed by atoms with E-state index >= 15 is 0 Å². The van der Waals surface area contributed by atoms with Crippen molar-refractivity contribution in [3.8, 4) is 0 Å². The summed E-state index contributed by atoms with van der Waals surface area (Å²) in [5.41, 5.74) is 1.76. The molecule has 6 nitrogen and oxygen atoms in total. The highest BCUT2D eigenvalue weighted by atomic mass is 17.2. The smallest absolute Gasteiger partial charge is 0.354 e. The van der Waals surface area contributed by atoms with Gasteiger partial charge in [-0.3, -0.25) is 4.79 Å². The van der Waals surface area contributed by atoms with Gasteiger partial charge in [-0.05, 0) is 32.8 Å². The van der Waals surface area contributed by atoms with Crippen LogP contribution in [0.25, 0.3) is 0 Å². The molecule has 0 spiro atoms. The number of hydrogen-bond donors (Lipinski definition) is 0. The van der Waals surface area contributed by atoms with Crippen LogP contribution < -0.4 is 0 Å². The quantitative estimate of drug-likeness (QED) is 0.315. The van der Waals surface area contributed by atoms with Crippen LogP contribution in [0, 0.1) is 0 Å². The minimum Gasteiger partial charge on any atom is -0.354 e. The van der Waals surface area contributed by atoms with Crippen molar-refractivity contribution in [2.45, 2.75) is 39.7 Å². The maximum Gasteiger partial charge on any atom is 0.391 e. The molecule has 110 valence electrons. The highest BCUT2D eigenvalue weighted by Gasteiger charge is 2.30. The van der Waals surface area contributed by atoms with Gasteiger partial charge in [0.05, 0.1) is 6.61 Å². The summed E-state index contributed by atoms with van der Waals surface area (Å²) in [5, 5.41) is 0. The number of rotatable bonds is 1. The third kappa shape index (κ3) is 5.36. The van der Waals surface area contributed by atoms with Crippen LogP contribution in [0.1, 0.15) is 33.6 Å². The molecular weight excluding hydrogens is 264 g/mol. The van der Waals surface area contributed by atoms with Crippen molar-refractivity contribution < 1.29 is 28.9 Å². The predicted molar refractivity (Wildman–Crippen MR) is 69.4 cm³/mol. The molecule has 6 heteroatoms. The van der Waals surface area contributed by atoms with Crippen LogP contribution in [0.15, 0.2) is 23.3 Å². The lowest BCUT2D eigenvalue weighted by Crippen LogP contribution is -2.35. The Hall–Kier alpha value is -1.95. The molecule has 0 aromatic heterocycles. The highest BCUT2D eigenvalue weighted by Crippen LogP contribution is 2.12. The molecule has 0 fully saturated rings. The van der Waals surface area contributed by atoms with E-state index in [4.69, 9.17) is 4.74 Å². The summed E-state index contributed by atoms with van der Waals surface area (Å²) in [4.78, 5) is 42.7. The van der Waals surface area contributed by atoms with E-state index in [1.54, 1.807) is 6.92 Å². The topological polar surface area (TPSA) is 78.9 Å². The zero-order chi connectivity index (χ0) is 15.1. The van der Waals surface area contributed by atoms with Gasteiger partial charge in [-0.1, -0.05) is 17.2 Å². The largest absolute Gasteiger partial charge is 0.391 e. The minimum absolute atomic E-state index is 0.137. The molecule has 1 heterocycles. The summed E-state index contributed by atoms with van der Waals surface area (Å²) in [6.45, 7) is 4.87. The number of carbonyl (C=O) groups is 3. The van der Waals surface area contributed by atoms with Crippen molar-refractivity contribution in [1.29, 1.82) is 0 Å². The number of ether oxygens (including phenoxy) is 1. The molecule has 0 radical (unpaired) electrons. The van der Waals surface area contributed by atoms with Crippen LogP contribution in [-0.2, 0) is 28.9 Å². The van der Waals surface area contributed by atoms with Crippen molar-refractivity contribution in [2.24, 2.45) is 0 Å². The first kappa shape index (κ1) is 16.1. The molecule has 0 N–H and O–H groups in total. The molecule has 0 saturated carbocycles. The summed E-state index contributed by atoms with van der Waals surface area (Å²) in [6.07, 6.45) is 3.46. The maximum atomic E-state index is 12.0. The van der Waals surface area contributed by atoms with Gasteiger partial charge in [0.2, 0.25) is 6.10 Å². The second-order valence-corrected chi connectivity index (χ2v) is 4.65. The van der Waals surface area contributed by atoms with Crippen molar-refractivity contribution in [2.75, 3.05) is 6.61 Å². The molecule has 1 rings (SSSR count). The van der Waals surface area contributed by atoms with Crippen molar-refractivity contribution >= 4 is 17.7 Å². The van der Waals surface area contributed by atoms with Gasteiger partial charge in [0, 0.05) is 6.92 Å². The first-order valence-electron chi connectivity index (χ1n) is 6.27. The first-order valence-corrected chi connectivity index (χ1v) is 6.27. The van der Waals surface area contributed by atoms with Crippen molar-refractivity contribution in [3.63, 3.8) is 0 Å². The van der Waals surface area contributed by atoms with Gasteiger partial charge in [-0.25, -0.2) is 19.4 Å². The Morgan fingerprint density at radius 3 is 2.60 bits per heavy atom. The third-order valence-electron chi connectivity index (χ3n) is 2.61. The molecule has 0 saturated heterocycles. The van der Waals surface area contributed by atoms with E-state index in [1.165, 1.54) is 6.08 Å². The van der Waals surface area contributed by atoms with Gasteiger partial charge < -0.3 is 4.74 Å². The second kappa shape index (κ2) is 7.59. The minimum atomic E-state index is -1.43. The van der Waals surface area contributed by atoms with Crippen LogP contribution >= 0.6 is 0 Å². The van der Waals surface area contributed by atoms with E-state index in [-0.39, 0.29) is 6.61 Å². The van der Waals surface area contributed by atoms with Crippen LogP contribution in [0.2, 0.25) is 0 Å². The van der Waals surface area contributed by atoms with E-state index < -0.39 is 23.8 Å². The first-order chi connectivity index (χ1) is 9.40. The zero-order valence-electron chi connectivity index (χ0n) is 11.8. The molecule has 0 aliphatic carbocycles. The molecule has 0 bridgehead atoms. The van der Waals surface area contributed by atoms with E-state index in [0.29, 0.717) is 0 Å². The average molecular weight is 282 g/mol. The summed E-state index contributed by atoms with van der Waals surface area (Å²) in [6, 6.07) is 0. The number of ketones is 1. The van der Waals surface area contributed by atoms with Gasteiger partial charge >= 0.3 is 11.9 Å². The fourth-order valence-corrected chi connectivity index (χ4v) is 1.62. The lowest BCUT2D eigenvalue weighted by Gasteiger charge is -2.15. The zero-order valence-corrected chi connectivity index (χ0v) is 11.8. The predicted octanol–water partition coefficient (Wildman–Crippen LogP) is 1.65. The number of allylic oxidation sites excluding steroid dienone is 2. The molecule has 0 aromatic rings. The van der Waals surface area contributed by atoms with E-state index in [0.717, 1.165) is 30.9 Å². The Bertz CT molecular complexity index is 460. The maximum absolute atomic E-state index is 12.0. The molecule has 1 unspecified atom stereocenters. The average Bonchev–Trinajstić information content (AvgIpc) is 2.35. The van der Waals surface area contributed by atoms with E-state index in [2.05, 4.69) is 9.78 Å². The molecule has 20 heavy (non-hydrogen) atoms. The lowest BCUT2D eigenvalue weighted by atomic mass is 10.1. The summed E-state index contributed by atoms with van der Waals surface area (Å²) in [5.74, 6) is -2.34. The second-order valence-electron chi connectivity index (χ2n) is 4.65. The Balaban J connectivity index is 2.83. The van der Waals surface area contributed by atoms with Gasteiger partial charge in [0.25, 0.3) is 0 Å². The molecular formula is C14H18O6. The summed E-state index contributed by atoms with van der Waals surface area (Å²) >= 11 is 0. The normalized spacial score (nSPS) is 25.8. The number of hydrogen-bond acceptors (Lipinski definition) is 6. The Kier molecular flexibility index (Phi) is 6.11. The van der Waals surface area contributed by atoms with Gasteiger partial charge in [-0.2, -0.15) is 0 Å². The van der Waals surface area contributed by atoms with Gasteiger partial charge in [0.1, 0.15) is 0 Å². The summed E-state index contributed by atoms with van der Waals surface area (Å²) < 4.78 is 5.26. The van der Waals surface area contributed by atoms with Gasteiger partial charge in [-0.15, -0.1) is 0 Å². The van der Waals surface area contributed by atoms with Crippen LogP contribution in [0.3, 0.4) is 0 Å². The third-order valence-corrected chi connectivity index (χ3v) is 2.61. The van der Waals surface area contributed by atoms with Crippen molar-refractivity contribution in [1.82, 2.24) is 0 Å². The Morgan fingerprint density at radius 1 is 1.25 bits per heavy atom. The SMILES string of the molecule is CC(=O)OOC(=O)C1OC/C(C)=C/CC/C(C)=C/C1=O. The highest BCUT2D eigenvalue weighted by molar-refractivity contribution is 6.08. The number of carbonyl (C=O) groups excluding carboxylic acids is 3. The molecule has 1 aliphatic heterocycles. The van der Waals surface area contributed by atoms with Crippen LogP contribution in [0.4, 0.5) is 0 Å². The standard InChI is InChI=1S/C14H18O6/c1-9-5-4-6-10(2)8-18-13(12(16)7-9)14(17)20-19-11(3)15/h6-7,13H,4-5,8H2,1-3H3/b9-7+,10-6+. The molecule has 1 atom stereocenters. The summed E-state index contributed by atoms with van der Waals surface area (Å²) in [7, 11) is 0. The monoisotopic (exact) mass is 282 g/mol. The van der Waals surface area contributed by atoms with Gasteiger partial charge in [0.15, 0.2) is 5.78 Å². The Morgan fingerprint density at radius 2 is 1.95 bits per heavy atom. The van der Waals surface area contributed by atoms with E-state index in [9.17, 15) is 14.4 Å². The van der Waals surface area contributed by atoms with E-state index in [1.807, 2.05) is 13.0 Å². The fraction of sp³-hybridized carbons (Fsp3) is 0.500. The van der Waals surface area contributed by atoms with Crippen molar-refractivity contribution in [3.05, 3.63) is 23.3 Å². The molecule has 0 aromatic carbocycles. The Labute approximate surface area is 117 Å². The van der Waals surface area contributed by atoms with Crippen LogP contribution in [0.5, 0.6) is 0 Å². The fourth-order valence-electron chi connectivity index (χ4n) is 1.62. The lowest BCUT2D eigenvalue weighted by molar-refractivity contribution is -0.262. The van der Waals surface area contributed by atoms with Crippen LogP contribution in [-0.4, -0.2) is 30.4 Å². The molecule has 0 amide bonds.